The molecule has 6 N–H and O–H groups in total. The molecule has 0 aromatic rings. The fourth-order valence-corrected chi connectivity index (χ4v) is 1.17. The minimum Gasteiger partial charge on any atom is -0.480 e. The lowest BCUT2D eigenvalue weighted by molar-refractivity contribution is -0.141. The Labute approximate surface area is 89.0 Å². The fourth-order valence-electron chi connectivity index (χ4n) is 1.17. The van der Waals surface area contributed by atoms with E-state index < -0.39 is 17.9 Å². The number of carbonyl (C=O) groups excluding carboxylic acids is 1. The summed E-state index contributed by atoms with van der Waals surface area (Å²) >= 11 is 0. The summed E-state index contributed by atoms with van der Waals surface area (Å²) in [6.07, 6.45) is 2.55. The van der Waals surface area contributed by atoms with E-state index in [9.17, 15) is 9.59 Å². The van der Waals surface area contributed by atoms with E-state index in [1.807, 2.05) is 0 Å². The minimum atomic E-state index is -1.05. The molecule has 0 radical (unpaired) electrons. The second-order valence-electron chi connectivity index (χ2n) is 3.36. The van der Waals surface area contributed by atoms with Crippen molar-refractivity contribution in [2.75, 3.05) is 13.1 Å². The van der Waals surface area contributed by atoms with Crippen molar-refractivity contribution in [1.29, 1.82) is 0 Å². The second kappa shape index (κ2) is 8.19. The molecule has 0 saturated heterocycles. The van der Waals surface area contributed by atoms with Gasteiger partial charge in [0, 0.05) is 0 Å². The summed E-state index contributed by atoms with van der Waals surface area (Å²) in [6.45, 7) is 1.20. The number of primary amides is 1. The predicted octanol–water partition coefficient (Wildman–Crippen LogP) is -0.966. The van der Waals surface area contributed by atoms with Gasteiger partial charge in [0.05, 0.1) is 6.42 Å². The van der Waals surface area contributed by atoms with Gasteiger partial charge in [-0.15, -0.1) is 0 Å². The van der Waals surface area contributed by atoms with E-state index in [2.05, 4.69) is 5.32 Å². The molecule has 15 heavy (non-hydrogen) atoms. The van der Waals surface area contributed by atoms with E-state index in [0.717, 1.165) is 19.3 Å². The molecule has 6 nitrogen and oxygen atoms in total. The van der Waals surface area contributed by atoms with Crippen LogP contribution in [-0.2, 0) is 9.59 Å². The van der Waals surface area contributed by atoms with Crippen molar-refractivity contribution in [2.45, 2.75) is 31.7 Å². The molecule has 0 aliphatic carbocycles. The van der Waals surface area contributed by atoms with Crippen molar-refractivity contribution in [1.82, 2.24) is 5.32 Å². The van der Waals surface area contributed by atoms with Crippen molar-refractivity contribution in [3.05, 3.63) is 0 Å². The molecule has 0 aliphatic heterocycles. The first-order valence-corrected chi connectivity index (χ1v) is 5.02. The number of nitrogens with two attached hydrogens (primary N) is 2. The molecular weight excluding hydrogens is 198 g/mol. The van der Waals surface area contributed by atoms with Gasteiger partial charge in [0.2, 0.25) is 5.91 Å². The van der Waals surface area contributed by atoms with Crippen molar-refractivity contribution >= 4 is 11.9 Å². The highest BCUT2D eigenvalue weighted by Crippen LogP contribution is 1.95. The molecule has 0 spiro atoms. The summed E-state index contributed by atoms with van der Waals surface area (Å²) in [4.78, 5) is 21.2. The van der Waals surface area contributed by atoms with Crippen LogP contribution in [-0.4, -0.2) is 36.1 Å². The Hall–Kier alpha value is -1.14. The normalized spacial score (nSPS) is 12.3. The third-order valence-electron chi connectivity index (χ3n) is 1.98. The van der Waals surface area contributed by atoms with Crippen LogP contribution in [0.4, 0.5) is 0 Å². The molecule has 0 rings (SSSR count). The van der Waals surface area contributed by atoms with Crippen LogP contribution in [0, 0.1) is 0 Å². The van der Waals surface area contributed by atoms with Gasteiger partial charge in [-0.25, -0.2) is 0 Å². The molecule has 0 saturated carbocycles. The monoisotopic (exact) mass is 217 g/mol. The topological polar surface area (TPSA) is 118 Å². The zero-order chi connectivity index (χ0) is 11.7. The number of hydrogen-bond donors (Lipinski definition) is 4. The highest BCUT2D eigenvalue weighted by molar-refractivity contribution is 5.83. The van der Waals surface area contributed by atoms with Gasteiger partial charge in [0.25, 0.3) is 0 Å². The Bertz CT molecular complexity index is 209. The van der Waals surface area contributed by atoms with Crippen LogP contribution in [0.25, 0.3) is 0 Å². The summed E-state index contributed by atoms with van der Waals surface area (Å²) in [5.74, 6) is -1.66. The van der Waals surface area contributed by atoms with Crippen LogP contribution < -0.4 is 16.8 Å². The minimum absolute atomic E-state index is 0.174. The van der Waals surface area contributed by atoms with Crippen LogP contribution in [0.15, 0.2) is 0 Å². The molecule has 6 heteroatoms. The van der Waals surface area contributed by atoms with Crippen LogP contribution in [0.2, 0.25) is 0 Å². The third-order valence-corrected chi connectivity index (χ3v) is 1.98. The number of carboxylic acids is 1. The number of nitrogens with one attached hydrogen (secondary N) is 1. The van der Waals surface area contributed by atoms with Gasteiger partial charge in [-0.1, -0.05) is 6.42 Å². The van der Waals surface area contributed by atoms with E-state index in [-0.39, 0.29) is 6.42 Å². The number of carboxylic acid groups (broad SMARTS) is 1. The summed E-state index contributed by atoms with van der Waals surface area (Å²) < 4.78 is 0. The summed E-state index contributed by atoms with van der Waals surface area (Å²) in [6, 6.07) is -0.875. The Morgan fingerprint density at radius 1 is 1.27 bits per heavy atom. The third kappa shape index (κ3) is 7.90. The Morgan fingerprint density at radius 3 is 2.40 bits per heavy atom. The molecule has 1 atom stereocenters. The molecule has 0 bridgehead atoms. The van der Waals surface area contributed by atoms with Crippen molar-refractivity contribution in [3.63, 3.8) is 0 Å². The van der Waals surface area contributed by atoms with E-state index in [0.29, 0.717) is 13.1 Å². The maximum Gasteiger partial charge on any atom is 0.321 e. The predicted molar refractivity (Wildman–Crippen MR) is 56.1 cm³/mol. The fraction of sp³-hybridized carbons (Fsp3) is 0.778. The summed E-state index contributed by atoms with van der Waals surface area (Å²) in [5.41, 5.74) is 10.2. The van der Waals surface area contributed by atoms with Gasteiger partial charge in [-0.2, -0.15) is 0 Å². The number of amides is 1. The number of hydrogen-bond acceptors (Lipinski definition) is 4. The van der Waals surface area contributed by atoms with Gasteiger partial charge >= 0.3 is 5.97 Å². The zero-order valence-electron chi connectivity index (χ0n) is 8.74. The van der Waals surface area contributed by atoms with E-state index >= 15 is 0 Å². The Balaban J connectivity index is 3.67. The Morgan fingerprint density at radius 2 is 1.93 bits per heavy atom. The van der Waals surface area contributed by atoms with E-state index in [4.69, 9.17) is 16.6 Å². The highest BCUT2D eigenvalue weighted by Gasteiger charge is 2.18. The lowest BCUT2D eigenvalue weighted by Gasteiger charge is -2.12. The second-order valence-corrected chi connectivity index (χ2v) is 3.36. The van der Waals surface area contributed by atoms with Crippen molar-refractivity contribution < 1.29 is 14.7 Å². The molecule has 0 fully saturated rings. The smallest absolute Gasteiger partial charge is 0.321 e. The van der Waals surface area contributed by atoms with Crippen LogP contribution in [0.5, 0.6) is 0 Å². The number of rotatable bonds is 9. The van der Waals surface area contributed by atoms with Crippen LogP contribution >= 0.6 is 0 Å². The van der Waals surface area contributed by atoms with Crippen molar-refractivity contribution in [3.8, 4) is 0 Å². The van der Waals surface area contributed by atoms with Crippen LogP contribution in [0.3, 0.4) is 0 Å². The van der Waals surface area contributed by atoms with Crippen molar-refractivity contribution in [2.24, 2.45) is 11.5 Å². The highest BCUT2D eigenvalue weighted by atomic mass is 16.4. The number of aliphatic carboxylic acids is 1. The van der Waals surface area contributed by atoms with E-state index in [1.54, 1.807) is 0 Å². The molecule has 0 unspecified atom stereocenters. The molecule has 0 heterocycles. The first-order valence-electron chi connectivity index (χ1n) is 5.02. The first kappa shape index (κ1) is 13.9. The van der Waals surface area contributed by atoms with Gasteiger partial charge in [-0.3, -0.25) is 9.59 Å². The average molecular weight is 217 g/mol. The maximum absolute atomic E-state index is 10.7. The van der Waals surface area contributed by atoms with Gasteiger partial charge < -0.3 is 21.9 Å². The van der Waals surface area contributed by atoms with Gasteiger partial charge in [0.1, 0.15) is 6.04 Å². The average Bonchev–Trinajstić information content (AvgIpc) is 2.15. The molecule has 0 aromatic carbocycles. The summed E-state index contributed by atoms with van der Waals surface area (Å²) in [5, 5.41) is 11.5. The first-order chi connectivity index (χ1) is 7.07. The maximum atomic E-state index is 10.7. The lowest BCUT2D eigenvalue weighted by atomic mass is 10.2. The summed E-state index contributed by atoms with van der Waals surface area (Å²) in [7, 11) is 0. The van der Waals surface area contributed by atoms with E-state index in [1.165, 1.54) is 0 Å². The number of unbranched alkanes of at least 4 members (excludes halogenated alkanes) is 2. The molecule has 88 valence electrons. The molecule has 1 amide bonds. The number of carbonyl (C=O) groups is 2. The SMILES string of the molecule is NCCCCCN[C@@H](CC(N)=O)C(=O)O. The quantitative estimate of drug-likeness (QED) is 0.371. The zero-order valence-corrected chi connectivity index (χ0v) is 8.74. The standard InChI is InChI=1S/C9H19N3O3/c10-4-2-1-3-5-12-7(9(14)15)6-8(11)13/h7,12H,1-6,10H2,(H2,11,13)(H,14,15)/t7-/m0/s1. The Kier molecular flexibility index (Phi) is 7.57. The molecular formula is C9H19N3O3. The molecule has 0 aromatic heterocycles. The van der Waals surface area contributed by atoms with Gasteiger partial charge in [0.15, 0.2) is 0 Å². The lowest BCUT2D eigenvalue weighted by Crippen LogP contribution is -2.40. The molecule has 0 aliphatic rings. The largest absolute Gasteiger partial charge is 0.480 e. The van der Waals surface area contributed by atoms with Gasteiger partial charge in [-0.05, 0) is 25.9 Å². The van der Waals surface area contributed by atoms with Crippen LogP contribution in [0.1, 0.15) is 25.7 Å².